The van der Waals surface area contributed by atoms with Crippen LogP contribution in [0.1, 0.15) is 24.2 Å². The van der Waals surface area contributed by atoms with Gasteiger partial charge in [0, 0.05) is 34.8 Å². The molecule has 0 saturated carbocycles. The number of hydrogen-bond donors (Lipinski definition) is 1. The molecule has 0 aliphatic heterocycles. The Labute approximate surface area is 161 Å². The van der Waals surface area contributed by atoms with Crippen molar-refractivity contribution in [3.05, 3.63) is 66.4 Å². The summed E-state index contributed by atoms with van der Waals surface area (Å²) in [6.45, 7) is 4.73. The van der Waals surface area contributed by atoms with Crippen LogP contribution in [0.5, 0.6) is 0 Å². The van der Waals surface area contributed by atoms with E-state index in [0.717, 1.165) is 39.6 Å². The molecule has 2 aromatic carbocycles. The lowest BCUT2D eigenvalue weighted by molar-refractivity contribution is 0.0995. The summed E-state index contributed by atoms with van der Waals surface area (Å²) in [7, 11) is 0. The van der Waals surface area contributed by atoms with Crippen LogP contribution in [-0.4, -0.2) is 30.8 Å². The molecule has 0 amide bonds. The average molecular weight is 376 g/mol. The van der Waals surface area contributed by atoms with Crippen molar-refractivity contribution in [3.63, 3.8) is 0 Å². The van der Waals surface area contributed by atoms with Crippen LogP contribution < -0.4 is 0 Å². The number of para-hydroxylation sites is 1. The van der Waals surface area contributed by atoms with E-state index in [1.807, 2.05) is 61.5 Å². The van der Waals surface area contributed by atoms with Gasteiger partial charge in [-0.05, 0) is 19.9 Å². The molecule has 0 radical (unpaired) electrons. The fraction of sp³-hybridized carbons (Fsp3) is 0.190. The van der Waals surface area contributed by atoms with E-state index >= 15 is 0 Å². The third-order valence-corrected chi connectivity index (χ3v) is 5.65. The molecule has 0 unspecified atom stereocenters. The highest BCUT2D eigenvalue weighted by Crippen LogP contribution is 2.29. The largest absolute Gasteiger partial charge is 0.360 e. The molecule has 0 bridgehead atoms. The Hall–Kier alpha value is -2.86. The highest BCUT2D eigenvalue weighted by Gasteiger charge is 2.23. The van der Waals surface area contributed by atoms with Gasteiger partial charge in [0.25, 0.3) is 0 Å². The van der Waals surface area contributed by atoms with Gasteiger partial charge >= 0.3 is 0 Å². The second kappa shape index (κ2) is 7.40. The number of fused-ring (bicyclic) bond motifs is 1. The summed E-state index contributed by atoms with van der Waals surface area (Å²) in [5.74, 6) is 0.914. The maximum atomic E-state index is 13.0. The van der Waals surface area contributed by atoms with Crippen LogP contribution >= 0.6 is 11.8 Å². The van der Waals surface area contributed by atoms with Gasteiger partial charge in [0.15, 0.2) is 16.8 Å². The first-order valence-corrected chi connectivity index (χ1v) is 9.82. The standard InChI is InChI=1S/C21H20N4OS/c1-3-25-20(15-9-5-4-6-10-15)23-24-21(25)27-14(2)19(26)17-13-22-18-12-8-7-11-16(17)18/h4-14,22H,3H2,1-2H3/t14-/m1/s1. The molecule has 0 spiro atoms. The number of aromatic amines is 1. The van der Waals surface area contributed by atoms with Crippen molar-refractivity contribution in [2.45, 2.75) is 30.8 Å². The summed E-state index contributed by atoms with van der Waals surface area (Å²) in [4.78, 5) is 16.2. The van der Waals surface area contributed by atoms with Crippen molar-refractivity contribution >= 4 is 28.4 Å². The van der Waals surface area contributed by atoms with E-state index in [-0.39, 0.29) is 11.0 Å². The number of rotatable bonds is 6. The van der Waals surface area contributed by atoms with Crippen molar-refractivity contribution in [3.8, 4) is 11.4 Å². The first-order chi connectivity index (χ1) is 13.2. The number of carbonyl (C=O) groups is 1. The van der Waals surface area contributed by atoms with Gasteiger partial charge in [0.2, 0.25) is 0 Å². The van der Waals surface area contributed by atoms with Gasteiger partial charge in [-0.15, -0.1) is 10.2 Å². The van der Waals surface area contributed by atoms with E-state index in [2.05, 4.69) is 26.7 Å². The molecule has 0 aliphatic carbocycles. The van der Waals surface area contributed by atoms with Gasteiger partial charge in [-0.1, -0.05) is 60.3 Å². The molecular weight excluding hydrogens is 356 g/mol. The Kier molecular flexibility index (Phi) is 4.81. The number of thioether (sulfide) groups is 1. The van der Waals surface area contributed by atoms with Crippen molar-refractivity contribution < 1.29 is 4.79 Å². The molecule has 136 valence electrons. The first kappa shape index (κ1) is 17.5. The third-order valence-electron chi connectivity index (χ3n) is 4.57. The summed E-state index contributed by atoms with van der Waals surface area (Å²) in [6.07, 6.45) is 1.80. The minimum absolute atomic E-state index is 0.0874. The van der Waals surface area contributed by atoms with Crippen LogP contribution in [0, 0.1) is 0 Å². The van der Waals surface area contributed by atoms with E-state index in [1.54, 1.807) is 6.20 Å². The summed E-state index contributed by atoms with van der Waals surface area (Å²) >= 11 is 1.45. The number of H-pyrrole nitrogens is 1. The molecule has 4 aromatic rings. The predicted octanol–water partition coefficient (Wildman–Crippen LogP) is 4.81. The third kappa shape index (κ3) is 3.28. The van der Waals surface area contributed by atoms with Gasteiger partial charge in [0.05, 0.1) is 5.25 Å². The molecule has 1 atom stereocenters. The Morgan fingerprint density at radius 3 is 2.63 bits per heavy atom. The normalized spacial score (nSPS) is 12.4. The van der Waals surface area contributed by atoms with E-state index in [9.17, 15) is 4.79 Å². The number of nitrogens with zero attached hydrogens (tertiary/aromatic N) is 3. The topological polar surface area (TPSA) is 63.6 Å². The van der Waals surface area contributed by atoms with Gasteiger partial charge in [-0.25, -0.2) is 0 Å². The number of benzene rings is 2. The molecule has 2 aromatic heterocycles. The van der Waals surface area contributed by atoms with Crippen LogP contribution in [0.15, 0.2) is 66.0 Å². The van der Waals surface area contributed by atoms with Gasteiger partial charge in [-0.2, -0.15) is 0 Å². The summed E-state index contributed by atoms with van der Waals surface area (Å²) in [5.41, 5.74) is 2.71. The molecule has 2 heterocycles. The van der Waals surface area contributed by atoms with Gasteiger partial charge < -0.3 is 9.55 Å². The average Bonchev–Trinajstić information content (AvgIpc) is 3.32. The molecular formula is C21H20N4OS. The van der Waals surface area contributed by atoms with E-state index in [0.29, 0.717) is 0 Å². The number of ketones is 1. The Morgan fingerprint density at radius 1 is 1.11 bits per heavy atom. The predicted molar refractivity (Wildman–Crippen MR) is 109 cm³/mol. The SMILES string of the molecule is CCn1c(S[C@H](C)C(=O)c2c[nH]c3ccccc23)nnc1-c1ccccc1. The molecule has 5 nitrogen and oxygen atoms in total. The number of Topliss-reactive ketones (excluding diaryl/α,β-unsaturated/α-hetero) is 1. The van der Waals surface area contributed by atoms with Crippen molar-refractivity contribution in [2.24, 2.45) is 0 Å². The van der Waals surface area contributed by atoms with Crippen LogP contribution in [0.25, 0.3) is 22.3 Å². The van der Waals surface area contributed by atoms with Gasteiger partial charge in [-0.3, -0.25) is 4.79 Å². The second-order valence-electron chi connectivity index (χ2n) is 6.29. The lowest BCUT2D eigenvalue weighted by Crippen LogP contribution is -2.14. The molecule has 27 heavy (non-hydrogen) atoms. The van der Waals surface area contributed by atoms with Crippen LogP contribution in [0.3, 0.4) is 0 Å². The highest BCUT2D eigenvalue weighted by atomic mass is 32.2. The smallest absolute Gasteiger partial charge is 0.192 e. The van der Waals surface area contributed by atoms with E-state index in [1.165, 1.54) is 11.8 Å². The Balaban J connectivity index is 1.60. The molecule has 6 heteroatoms. The van der Waals surface area contributed by atoms with Gasteiger partial charge in [0.1, 0.15) is 0 Å². The minimum atomic E-state index is -0.262. The first-order valence-electron chi connectivity index (χ1n) is 8.94. The molecule has 1 N–H and O–H groups in total. The fourth-order valence-corrected chi connectivity index (χ4v) is 4.15. The Bertz CT molecular complexity index is 1080. The monoisotopic (exact) mass is 376 g/mol. The zero-order valence-corrected chi connectivity index (χ0v) is 16.0. The summed E-state index contributed by atoms with van der Waals surface area (Å²) < 4.78 is 2.05. The number of nitrogens with one attached hydrogen (secondary N) is 1. The zero-order chi connectivity index (χ0) is 18.8. The quantitative estimate of drug-likeness (QED) is 0.387. The Morgan fingerprint density at radius 2 is 1.85 bits per heavy atom. The second-order valence-corrected chi connectivity index (χ2v) is 7.60. The van der Waals surface area contributed by atoms with Crippen molar-refractivity contribution in [2.75, 3.05) is 0 Å². The van der Waals surface area contributed by atoms with Crippen LogP contribution in [-0.2, 0) is 6.54 Å². The highest BCUT2D eigenvalue weighted by molar-refractivity contribution is 8.00. The fourth-order valence-electron chi connectivity index (χ4n) is 3.17. The van der Waals surface area contributed by atoms with E-state index in [4.69, 9.17) is 0 Å². The molecule has 0 saturated heterocycles. The summed E-state index contributed by atoms with van der Waals surface area (Å²) in [6, 6.07) is 17.8. The number of hydrogen-bond acceptors (Lipinski definition) is 4. The van der Waals surface area contributed by atoms with Crippen molar-refractivity contribution in [1.82, 2.24) is 19.7 Å². The van der Waals surface area contributed by atoms with E-state index < -0.39 is 0 Å². The maximum Gasteiger partial charge on any atom is 0.192 e. The zero-order valence-electron chi connectivity index (χ0n) is 15.2. The summed E-state index contributed by atoms with van der Waals surface area (Å²) in [5, 5.41) is 10.2. The molecule has 0 fully saturated rings. The molecule has 0 aliphatic rings. The molecule has 4 rings (SSSR count). The number of aromatic nitrogens is 4. The van der Waals surface area contributed by atoms with Crippen molar-refractivity contribution in [1.29, 1.82) is 0 Å². The number of carbonyl (C=O) groups excluding carboxylic acids is 1. The van der Waals surface area contributed by atoms with Crippen LogP contribution in [0.4, 0.5) is 0 Å². The lowest BCUT2D eigenvalue weighted by Gasteiger charge is -2.11. The lowest BCUT2D eigenvalue weighted by atomic mass is 10.1. The minimum Gasteiger partial charge on any atom is -0.360 e. The maximum absolute atomic E-state index is 13.0. The van der Waals surface area contributed by atoms with Crippen LogP contribution in [0.2, 0.25) is 0 Å².